The van der Waals surface area contributed by atoms with Crippen molar-refractivity contribution >= 4 is 12.7 Å². The Morgan fingerprint density at radius 3 is 2.29 bits per heavy atom. The maximum Gasteiger partial charge on any atom is 0.516 e. The second-order valence-corrected chi connectivity index (χ2v) is 6.51. The minimum Gasteiger partial charge on any atom is -0.398 e. The minimum absolute atomic E-state index is 0.105. The van der Waals surface area contributed by atoms with Crippen molar-refractivity contribution in [3.05, 3.63) is 18.1 Å². The van der Waals surface area contributed by atoms with E-state index in [4.69, 9.17) is 18.8 Å². The van der Waals surface area contributed by atoms with E-state index in [-0.39, 0.29) is 17.1 Å². The average Bonchev–Trinajstić information content (AvgIpc) is 2.69. The van der Waals surface area contributed by atoms with Gasteiger partial charge in [-0.05, 0) is 27.7 Å². The van der Waals surface area contributed by atoms with Gasteiger partial charge in [0.05, 0.1) is 35.7 Å². The first-order chi connectivity index (χ1) is 9.89. The fourth-order valence-corrected chi connectivity index (χ4v) is 2.33. The molecule has 2 aliphatic heterocycles. The number of nitrogens with zero attached hydrogens (tertiary/aromatic N) is 2. The van der Waals surface area contributed by atoms with Crippen molar-refractivity contribution in [3.8, 4) is 0 Å². The van der Waals surface area contributed by atoms with Gasteiger partial charge in [0.2, 0.25) is 0 Å². The van der Waals surface area contributed by atoms with Crippen molar-refractivity contribution in [3.63, 3.8) is 0 Å². The summed E-state index contributed by atoms with van der Waals surface area (Å²) in [5.74, 6) is 0.105. The molecule has 0 amide bonds. The van der Waals surface area contributed by atoms with E-state index >= 15 is 0 Å². The molecule has 0 saturated carbocycles. The summed E-state index contributed by atoms with van der Waals surface area (Å²) < 4.78 is 22.6. The zero-order valence-corrected chi connectivity index (χ0v) is 13.0. The highest BCUT2D eigenvalue weighted by Gasteiger charge is 2.52. The Hall–Kier alpha value is -1.02. The van der Waals surface area contributed by atoms with E-state index in [9.17, 15) is 0 Å². The van der Waals surface area contributed by atoms with Gasteiger partial charge in [-0.25, -0.2) is 0 Å². The maximum absolute atomic E-state index is 6.01. The van der Waals surface area contributed by atoms with Crippen LogP contribution >= 0.6 is 0 Å². The second-order valence-electron chi connectivity index (χ2n) is 6.51. The number of aromatic nitrogens is 2. The summed E-state index contributed by atoms with van der Waals surface area (Å²) in [6.07, 6.45) is 3.44. The zero-order valence-electron chi connectivity index (χ0n) is 13.0. The lowest BCUT2D eigenvalue weighted by atomic mass is 9.85. The molecule has 2 saturated heterocycles. The Morgan fingerprint density at radius 1 is 1.05 bits per heavy atom. The highest BCUT2D eigenvalue weighted by molar-refractivity contribution is 6.61. The van der Waals surface area contributed by atoms with Crippen LogP contribution in [0.15, 0.2) is 12.4 Å². The molecule has 3 heterocycles. The summed E-state index contributed by atoms with van der Waals surface area (Å²) >= 11 is 0. The topological polar surface area (TPSA) is 62.7 Å². The van der Waals surface area contributed by atoms with E-state index in [2.05, 4.69) is 9.97 Å². The molecule has 0 N–H and O–H groups in total. The van der Waals surface area contributed by atoms with E-state index < -0.39 is 7.12 Å². The third kappa shape index (κ3) is 2.83. The molecule has 0 aliphatic carbocycles. The molecule has 114 valence electrons. The first-order valence-corrected chi connectivity index (χ1v) is 7.22. The van der Waals surface area contributed by atoms with Crippen LogP contribution in [0.2, 0.25) is 0 Å². The first kappa shape index (κ1) is 14.9. The van der Waals surface area contributed by atoms with Gasteiger partial charge < -0.3 is 18.8 Å². The van der Waals surface area contributed by atoms with Gasteiger partial charge in [-0.2, -0.15) is 0 Å². The van der Waals surface area contributed by atoms with Gasteiger partial charge >= 0.3 is 7.12 Å². The SMILES string of the molecule is CC1(C)OB(c2cncc(C3COCOC3)n2)OC1(C)C. The van der Waals surface area contributed by atoms with E-state index in [0.717, 1.165) is 5.69 Å². The van der Waals surface area contributed by atoms with Crippen LogP contribution in [0.4, 0.5) is 0 Å². The Balaban J connectivity index is 1.81. The van der Waals surface area contributed by atoms with Crippen LogP contribution in [-0.2, 0) is 18.8 Å². The molecule has 0 radical (unpaired) electrons. The molecule has 1 aromatic rings. The largest absolute Gasteiger partial charge is 0.516 e. The van der Waals surface area contributed by atoms with Gasteiger partial charge in [-0.1, -0.05) is 0 Å². The van der Waals surface area contributed by atoms with Crippen molar-refractivity contribution in [2.24, 2.45) is 0 Å². The molecule has 6 nitrogen and oxygen atoms in total. The number of hydrogen-bond acceptors (Lipinski definition) is 6. The number of rotatable bonds is 2. The van der Waals surface area contributed by atoms with Crippen LogP contribution in [-0.4, -0.2) is 48.3 Å². The normalized spacial score (nSPS) is 25.2. The monoisotopic (exact) mass is 292 g/mol. The van der Waals surface area contributed by atoms with E-state index in [0.29, 0.717) is 25.6 Å². The molecular weight excluding hydrogens is 271 g/mol. The predicted octanol–water partition coefficient (Wildman–Crippen LogP) is 0.864. The summed E-state index contributed by atoms with van der Waals surface area (Å²) in [6, 6.07) is 0. The molecule has 1 aromatic heterocycles. The first-order valence-electron chi connectivity index (χ1n) is 7.22. The molecule has 2 fully saturated rings. The number of hydrogen-bond donors (Lipinski definition) is 0. The lowest BCUT2D eigenvalue weighted by Crippen LogP contribution is -2.41. The Kier molecular flexibility index (Phi) is 3.77. The Bertz CT molecular complexity index is 501. The third-order valence-corrected chi connectivity index (χ3v) is 4.39. The molecule has 0 unspecified atom stereocenters. The lowest BCUT2D eigenvalue weighted by molar-refractivity contribution is -0.108. The molecule has 0 atom stereocenters. The summed E-state index contributed by atoms with van der Waals surface area (Å²) in [6.45, 7) is 9.63. The molecule has 7 heteroatoms. The van der Waals surface area contributed by atoms with Gasteiger partial charge in [-0.3, -0.25) is 9.97 Å². The summed E-state index contributed by atoms with van der Waals surface area (Å²) in [4.78, 5) is 8.90. The molecule has 0 aromatic carbocycles. The van der Waals surface area contributed by atoms with Gasteiger partial charge in [0, 0.05) is 18.3 Å². The second kappa shape index (κ2) is 5.32. The zero-order chi connectivity index (χ0) is 15.1. The van der Waals surface area contributed by atoms with Crippen LogP contribution in [0.1, 0.15) is 39.3 Å². The lowest BCUT2D eigenvalue weighted by Gasteiger charge is -2.32. The van der Waals surface area contributed by atoms with E-state index in [1.54, 1.807) is 12.4 Å². The predicted molar refractivity (Wildman–Crippen MR) is 77.3 cm³/mol. The summed E-state index contributed by atoms with van der Waals surface area (Å²) in [7, 11) is -0.493. The third-order valence-electron chi connectivity index (χ3n) is 4.39. The fourth-order valence-electron chi connectivity index (χ4n) is 2.33. The molecule has 0 spiro atoms. The minimum atomic E-state index is -0.493. The van der Waals surface area contributed by atoms with Crippen LogP contribution in [0.25, 0.3) is 0 Å². The Morgan fingerprint density at radius 2 is 1.67 bits per heavy atom. The van der Waals surface area contributed by atoms with Crippen LogP contribution in [0.3, 0.4) is 0 Å². The van der Waals surface area contributed by atoms with Crippen LogP contribution in [0, 0.1) is 0 Å². The molecule has 2 aliphatic rings. The van der Waals surface area contributed by atoms with Crippen molar-refractivity contribution in [2.45, 2.75) is 44.8 Å². The fraction of sp³-hybridized carbons (Fsp3) is 0.714. The van der Waals surface area contributed by atoms with Gasteiger partial charge in [0.25, 0.3) is 0 Å². The molecule has 3 rings (SSSR count). The van der Waals surface area contributed by atoms with Crippen LogP contribution in [0.5, 0.6) is 0 Å². The standard InChI is InChI=1S/C14H21BN2O4/c1-13(2)14(3,4)21-15(20-13)12-6-16-5-11(17-12)10-7-18-9-19-8-10/h5-6,10H,7-9H2,1-4H3. The van der Waals surface area contributed by atoms with Crippen molar-refractivity contribution < 1.29 is 18.8 Å². The van der Waals surface area contributed by atoms with E-state index in [1.807, 2.05) is 27.7 Å². The van der Waals surface area contributed by atoms with Crippen molar-refractivity contribution in [2.75, 3.05) is 20.0 Å². The summed E-state index contributed by atoms with van der Waals surface area (Å²) in [5, 5.41) is 0. The van der Waals surface area contributed by atoms with Gasteiger partial charge in [0.1, 0.15) is 6.79 Å². The van der Waals surface area contributed by atoms with Crippen molar-refractivity contribution in [1.82, 2.24) is 9.97 Å². The smallest absolute Gasteiger partial charge is 0.398 e. The summed E-state index contributed by atoms with van der Waals surface area (Å²) in [5.41, 5.74) is 0.775. The average molecular weight is 292 g/mol. The molecule has 21 heavy (non-hydrogen) atoms. The van der Waals surface area contributed by atoms with Crippen LogP contribution < -0.4 is 5.59 Å². The Labute approximate surface area is 125 Å². The van der Waals surface area contributed by atoms with Crippen molar-refractivity contribution in [1.29, 1.82) is 0 Å². The van der Waals surface area contributed by atoms with E-state index in [1.165, 1.54) is 0 Å². The quantitative estimate of drug-likeness (QED) is 0.754. The molecular formula is C14H21BN2O4. The van der Waals surface area contributed by atoms with Gasteiger partial charge in [0.15, 0.2) is 0 Å². The maximum atomic E-state index is 6.01. The highest BCUT2D eigenvalue weighted by atomic mass is 16.7. The molecule has 0 bridgehead atoms. The highest BCUT2D eigenvalue weighted by Crippen LogP contribution is 2.36. The number of ether oxygens (including phenoxy) is 2. The van der Waals surface area contributed by atoms with Gasteiger partial charge in [-0.15, -0.1) is 0 Å².